The second-order valence-corrected chi connectivity index (χ2v) is 6.60. The summed E-state index contributed by atoms with van der Waals surface area (Å²) in [5, 5.41) is 0. The zero-order valence-electron chi connectivity index (χ0n) is 11.9. The Kier molecular flexibility index (Phi) is 4.14. The average Bonchev–Trinajstić information content (AvgIpc) is 2.79. The molecule has 3 atom stereocenters. The molecule has 1 aliphatic carbocycles. The minimum absolute atomic E-state index is 0.323. The summed E-state index contributed by atoms with van der Waals surface area (Å²) in [7, 11) is 0. The van der Waals surface area contributed by atoms with Crippen LogP contribution in [0.5, 0.6) is 0 Å². The molecule has 0 aromatic heterocycles. The van der Waals surface area contributed by atoms with Crippen LogP contribution in [0.25, 0.3) is 0 Å². The van der Waals surface area contributed by atoms with Crippen LogP contribution in [-0.4, -0.2) is 29.6 Å². The van der Waals surface area contributed by atoms with Gasteiger partial charge in [-0.2, -0.15) is 0 Å². The smallest absolute Gasteiger partial charge is 0.0360 e. The molecular formula is C15H30N2. The van der Waals surface area contributed by atoms with Crippen molar-refractivity contribution in [2.45, 2.75) is 70.9 Å². The third-order valence-electron chi connectivity index (χ3n) is 5.41. The summed E-state index contributed by atoms with van der Waals surface area (Å²) in [4.78, 5) is 2.81. The maximum absolute atomic E-state index is 6.23. The molecular weight excluding hydrogens is 208 g/mol. The number of nitrogens with zero attached hydrogens (tertiary/aromatic N) is 1. The zero-order valence-corrected chi connectivity index (χ0v) is 11.9. The summed E-state index contributed by atoms with van der Waals surface area (Å²) >= 11 is 0. The van der Waals surface area contributed by atoms with Crippen LogP contribution in [0.15, 0.2) is 0 Å². The lowest BCUT2D eigenvalue weighted by atomic mass is 9.71. The number of hydrogen-bond donors (Lipinski definition) is 1. The minimum atomic E-state index is 0.323. The molecule has 0 bridgehead atoms. The molecule has 17 heavy (non-hydrogen) atoms. The summed E-state index contributed by atoms with van der Waals surface area (Å²) in [6, 6.07) is 0.777. The summed E-state index contributed by atoms with van der Waals surface area (Å²) in [6.45, 7) is 9.32. The minimum Gasteiger partial charge on any atom is -0.329 e. The summed E-state index contributed by atoms with van der Waals surface area (Å²) in [5.74, 6) is 1.55. The molecule has 1 saturated carbocycles. The first-order valence-corrected chi connectivity index (χ1v) is 7.58. The number of nitrogens with two attached hydrogens (primary N) is 1. The van der Waals surface area contributed by atoms with Crippen molar-refractivity contribution >= 4 is 0 Å². The molecule has 3 unspecified atom stereocenters. The topological polar surface area (TPSA) is 29.3 Å². The fraction of sp³-hybridized carbons (Fsp3) is 1.00. The lowest BCUT2D eigenvalue weighted by molar-refractivity contribution is -0.00846. The highest BCUT2D eigenvalue weighted by atomic mass is 15.3. The lowest BCUT2D eigenvalue weighted by Gasteiger charge is -2.51. The predicted octanol–water partition coefficient (Wildman–Crippen LogP) is 3.01. The van der Waals surface area contributed by atoms with E-state index < -0.39 is 0 Å². The standard InChI is InChI=1S/C15H30N2/c1-12(2)14-8-6-10-17(14)15(11-16)9-5-4-7-13(15)3/h12-14H,4-11,16H2,1-3H3. The van der Waals surface area contributed by atoms with Crippen molar-refractivity contribution in [3.8, 4) is 0 Å². The van der Waals surface area contributed by atoms with Gasteiger partial charge in [-0.15, -0.1) is 0 Å². The molecule has 1 aliphatic heterocycles. The van der Waals surface area contributed by atoms with E-state index in [4.69, 9.17) is 5.73 Å². The van der Waals surface area contributed by atoms with Gasteiger partial charge in [-0.25, -0.2) is 0 Å². The van der Waals surface area contributed by atoms with E-state index in [1.54, 1.807) is 0 Å². The second-order valence-electron chi connectivity index (χ2n) is 6.60. The third kappa shape index (κ3) is 2.26. The molecule has 2 heteroatoms. The van der Waals surface area contributed by atoms with Crippen LogP contribution in [0.3, 0.4) is 0 Å². The van der Waals surface area contributed by atoms with Crippen LogP contribution < -0.4 is 5.73 Å². The van der Waals surface area contributed by atoms with Crippen LogP contribution in [0, 0.1) is 11.8 Å². The first-order valence-electron chi connectivity index (χ1n) is 7.58. The van der Waals surface area contributed by atoms with Gasteiger partial charge in [-0.1, -0.05) is 33.6 Å². The number of rotatable bonds is 3. The highest BCUT2D eigenvalue weighted by Crippen LogP contribution is 2.42. The molecule has 0 amide bonds. The van der Waals surface area contributed by atoms with Crippen molar-refractivity contribution in [1.29, 1.82) is 0 Å². The predicted molar refractivity (Wildman–Crippen MR) is 74.0 cm³/mol. The summed E-state index contributed by atoms with van der Waals surface area (Å²) in [6.07, 6.45) is 8.24. The lowest BCUT2D eigenvalue weighted by Crippen LogP contribution is -2.61. The summed E-state index contributed by atoms with van der Waals surface area (Å²) in [5.41, 5.74) is 6.55. The van der Waals surface area contributed by atoms with Gasteiger partial charge in [0.05, 0.1) is 0 Å². The maximum atomic E-state index is 6.23. The van der Waals surface area contributed by atoms with Crippen LogP contribution in [0.2, 0.25) is 0 Å². The Morgan fingerprint density at radius 2 is 2.00 bits per heavy atom. The molecule has 0 spiro atoms. The van der Waals surface area contributed by atoms with Crippen molar-refractivity contribution in [2.24, 2.45) is 17.6 Å². The Morgan fingerprint density at radius 3 is 2.59 bits per heavy atom. The van der Waals surface area contributed by atoms with Crippen LogP contribution in [0.1, 0.15) is 59.3 Å². The van der Waals surface area contributed by atoms with Gasteiger partial charge in [0.1, 0.15) is 0 Å². The Bertz CT molecular complexity index is 251. The van der Waals surface area contributed by atoms with Gasteiger partial charge >= 0.3 is 0 Å². The van der Waals surface area contributed by atoms with E-state index in [2.05, 4.69) is 25.7 Å². The van der Waals surface area contributed by atoms with Crippen LogP contribution in [-0.2, 0) is 0 Å². The molecule has 2 nitrogen and oxygen atoms in total. The zero-order chi connectivity index (χ0) is 12.5. The quantitative estimate of drug-likeness (QED) is 0.819. The fourth-order valence-electron chi connectivity index (χ4n) is 4.28. The van der Waals surface area contributed by atoms with E-state index in [1.165, 1.54) is 45.1 Å². The highest BCUT2D eigenvalue weighted by molar-refractivity contribution is 5.02. The van der Waals surface area contributed by atoms with Crippen molar-refractivity contribution < 1.29 is 0 Å². The Hall–Kier alpha value is -0.0800. The fourth-order valence-corrected chi connectivity index (χ4v) is 4.28. The molecule has 2 aliphatic rings. The van der Waals surface area contributed by atoms with Crippen molar-refractivity contribution in [1.82, 2.24) is 4.90 Å². The highest BCUT2D eigenvalue weighted by Gasteiger charge is 2.46. The molecule has 0 aromatic carbocycles. The molecule has 0 aromatic rings. The normalized spacial score (nSPS) is 40.1. The van der Waals surface area contributed by atoms with E-state index in [0.717, 1.165) is 24.4 Å². The number of hydrogen-bond acceptors (Lipinski definition) is 2. The van der Waals surface area contributed by atoms with Gasteiger partial charge in [0, 0.05) is 18.1 Å². The molecule has 1 saturated heterocycles. The summed E-state index contributed by atoms with van der Waals surface area (Å²) < 4.78 is 0. The second kappa shape index (κ2) is 5.27. The van der Waals surface area contributed by atoms with Gasteiger partial charge in [0.15, 0.2) is 0 Å². The van der Waals surface area contributed by atoms with Crippen molar-refractivity contribution in [3.63, 3.8) is 0 Å². The van der Waals surface area contributed by atoms with Crippen molar-refractivity contribution in [2.75, 3.05) is 13.1 Å². The first kappa shape index (κ1) is 13.4. The largest absolute Gasteiger partial charge is 0.329 e. The Morgan fingerprint density at radius 1 is 1.24 bits per heavy atom. The van der Waals surface area contributed by atoms with E-state index in [0.29, 0.717) is 5.54 Å². The van der Waals surface area contributed by atoms with Gasteiger partial charge in [0.2, 0.25) is 0 Å². The molecule has 2 fully saturated rings. The van der Waals surface area contributed by atoms with E-state index >= 15 is 0 Å². The molecule has 0 radical (unpaired) electrons. The molecule has 2 rings (SSSR count). The third-order valence-corrected chi connectivity index (χ3v) is 5.41. The van der Waals surface area contributed by atoms with E-state index in [9.17, 15) is 0 Å². The Balaban J connectivity index is 2.21. The van der Waals surface area contributed by atoms with Crippen LogP contribution >= 0.6 is 0 Å². The molecule has 100 valence electrons. The number of likely N-dealkylation sites (tertiary alicyclic amines) is 1. The van der Waals surface area contributed by atoms with Gasteiger partial charge in [-0.3, -0.25) is 4.90 Å². The van der Waals surface area contributed by atoms with Gasteiger partial charge in [0.25, 0.3) is 0 Å². The van der Waals surface area contributed by atoms with E-state index in [-0.39, 0.29) is 0 Å². The Labute approximate surface area is 107 Å². The van der Waals surface area contributed by atoms with Crippen LogP contribution in [0.4, 0.5) is 0 Å². The molecule has 2 N–H and O–H groups in total. The van der Waals surface area contributed by atoms with E-state index in [1.807, 2.05) is 0 Å². The van der Waals surface area contributed by atoms with Gasteiger partial charge in [-0.05, 0) is 44.1 Å². The first-order chi connectivity index (χ1) is 8.12. The molecule has 1 heterocycles. The van der Waals surface area contributed by atoms with Crippen molar-refractivity contribution in [3.05, 3.63) is 0 Å². The monoisotopic (exact) mass is 238 g/mol. The average molecular weight is 238 g/mol. The maximum Gasteiger partial charge on any atom is 0.0360 e. The van der Waals surface area contributed by atoms with Gasteiger partial charge < -0.3 is 5.73 Å². The SMILES string of the molecule is CC(C)C1CCCN1C1(CN)CCCCC1C.